The van der Waals surface area contributed by atoms with Crippen LogP contribution in [0.4, 0.5) is 0 Å². The van der Waals surface area contributed by atoms with Crippen LogP contribution in [0.25, 0.3) is 27.6 Å². The molecule has 0 aliphatic heterocycles. The number of rotatable bonds is 3. The summed E-state index contributed by atoms with van der Waals surface area (Å²) in [5.74, 6) is -2.22. The highest BCUT2D eigenvalue weighted by molar-refractivity contribution is 6.45. The normalized spacial score (nSPS) is 14.4. The number of carbonyl (C=O) groups excluding carboxylic acids is 4. The lowest BCUT2D eigenvalue weighted by atomic mass is 9.82. The van der Waals surface area contributed by atoms with Crippen molar-refractivity contribution in [3.63, 3.8) is 0 Å². The van der Waals surface area contributed by atoms with Crippen molar-refractivity contribution in [3.8, 4) is 17.8 Å². The molecule has 5 aromatic rings. The van der Waals surface area contributed by atoms with Crippen LogP contribution in [0.1, 0.15) is 58.4 Å². The quantitative estimate of drug-likeness (QED) is 0.240. The summed E-state index contributed by atoms with van der Waals surface area (Å²) in [6, 6.07) is 30.9. The second-order valence-electron chi connectivity index (χ2n) is 10.5. The fourth-order valence-corrected chi connectivity index (χ4v) is 6.18. The highest BCUT2D eigenvalue weighted by Crippen LogP contribution is 2.44. The first-order valence-corrected chi connectivity index (χ1v) is 13.7. The molecule has 0 unspecified atom stereocenters. The fourth-order valence-electron chi connectivity index (χ4n) is 6.18. The molecule has 0 saturated heterocycles. The van der Waals surface area contributed by atoms with E-state index in [1.807, 2.05) is 31.2 Å². The lowest BCUT2D eigenvalue weighted by Crippen LogP contribution is -2.24. The summed E-state index contributed by atoms with van der Waals surface area (Å²) in [4.78, 5) is 55.8. The monoisotopic (exact) mass is 569 g/mol. The summed E-state index contributed by atoms with van der Waals surface area (Å²) >= 11 is 0. The first-order chi connectivity index (χ1) is 21.4. The molecule has 2 aliphatic carbocycles. The minimum Gasteiger partial charge on any atom is -0.308 e. The topological polar surface area (TPSA) is 121 Å². The van der Waals surface area contributed by atoms with Gasteiger partial charge in [0.25, 0.3) is 0 Å². The molecule has 0 saturated carbocycles. The van der Waals surface area contributed by atoms with Gasteiger partial charge in [-0.3, -0.25) is 19.2 Å². The third-order valence-electron chi connectivity index (χ3n) is 8.08. The van der Waals surface area contributed by atoms with E-state index in [2.05, 4.69) is 0 Å². The number of aromatic nitrogens is 1. The molecule has 0 amide bonds. The summed E-state index contributed by atoms with van der Waals surface area (Å²) in [5.41, 5.74) is 1.49. The fraction of sp³-hybridized carbons (Fsp3) is 0.0270. The summed E-state index contributed by atoms with van der Waals surface area (Å²) in [6.07, 6.45) is 0. The van der Waals surface area contributed by atoms with E-state index < -0.39 is 23.1 Å². The van der Waals surface area contributed by atoms with Crippen molar-refractivity contribution >= 4 is 45.1 Å². The van der Waals surface area contributed by atoms with Crippen molar-refractivity contribution < 1.29 is 19.2 Å². The van der Waals surface area contributed by atoms with Crippen LogP contribution in [0.15, 0.2) is 108 Å². The number of aryl methyl sites for hydroxylation is 1. The van der Waals surface area contributed by atoms with E-state index in [4.69, 9.17) is 0 Å². The van der Waals surface area contributed by atoms with E-state index in [-0.39, 0.29) is 55.9 Å². The van der Waals surface area contributed by atoms with Crippen LogP contribution in [0.5, 0.6) is 0 Å². The van der Waals surface area contributed by atoms with Crippen LogP contribution >= 0.6 is 0 Å². The number of hydrogen-bond donors (Lipinski definition) is 0. The molecule has 0 spiro atoms. The second kappa shape index (κ2) is 9.84. The van der Waals surface area contributed by atoms with Crippen LogP contribution in [0.3, 0.4) is 0 Å². The SMILES string of the molecule is Cc1cccc(-n2c(C3=C(C#N)C(=O)c4ccccc4C3=O)c3ccccc3c2C2=C(C#N)C(=O)c3ccccc3C2=O)c1. The molecule has 4 aromatic carbocycles. The first-order valence-electron chi connectivity index (χ1n) is 13.7. The number of ketones is 4. The Balaban J connectivity index is 1.69. The zero-order valence-corrected chi connectivity index (χ0v) is 23.2. The molecular formula is C37H19N3O4. The molecular weight excluding hydrogens is 550 g/mol. The molecule has 2 aliphatic rings. The molecule has 7 heteroatoms. The van der Waals surface area contributed by atoms with Crippen LogP contribution < -0.4 is 0 Å². The van der Waals surface area contributed by atoms with Gasteiger partial charge in [-0.2, -0.15) is 10.5 Å². The Morgan fingerprint density at radius 3 is 1.34 bits per heavy atom. The van der Waals surface area contributed by atoms with Crippen LogP contribution in [0, 0.1) is 29.6 Å². The van der Waals surface area contributed by atoms with E-state index in [0.717, 1.165) is 5.56 Å². The third kappa shape index (κ3) is 3.60. The second-order valence-corrected chi connectivity index (χ2v) is 10.5. The molecule has 1 heterocycles. The van der Waals surface area contributed by atoms with Gasteiger partial charge in [-0.25, -0.2) is 0 Å². The lowest BCUT2D eigenvalue weighted by molar-refractivity contribution is 0.0995. The number of carbonyl (C=O) groups is 4. The predicted molar refractivity (Wildman–Crippen MR) is 163 cm³/mol. The van der Waals surface area contributed by atoms with Crippen LogP contribution in [0.2, 0.25) is 0 Å². The smallest absolute Gasteiger partial charge is 0.205 e. The maximum atomic E-state index is 14.3. The van der Waals surface area contributed by atoms with Gasteiger partial charge in [0.2, 0.25) is 11.6 Å². The molecule has 44 heavy (non-hydrogen) atoms. The summed E-state index contributed by atoms with van der Waals surface area (Å²) in [6.45, 7) is 1.88. The van der Waals surface area contributed by atoms with Gasteiger partial charge in [0, 0.05) is 38.7 Å². The average Bonchev–Trinajstić information content (AvgIpc) is 3.38. The predicted octanol–water partition coefficient (Wildman–Crippen LogP) is 6.65. The number of nitriles is 2. The Morgan fingerprint density at radius 1 is 0.523 bits per heavy atom. The lowest BCUT2D eigenvalue weighted by Gasteiger charge is -2.23. The van der Waals surface area contributed by atoms with Gasteiger partial charge in [0.15, 0.2) is 11.6 Å². The molecule has 1 aromatic heterocycles. The van der Waals surface area contributed by atoms with E-state index >= 15 is 0 Å². The Hall–Kier alpha value is -6.44. The Labute approximate surface area is 251 Å². The van der Waals surface area contributed by atoms with E-state index in [9.17, 15) is 29.7 Å². The summed E-state index contributed by atoms with van der Waals surface area (Å²) in [7, 11) is 0. The zero-order valence-electron chi connectivity index (χ0n) is 23.2. The number of benzene rings is 4. The van der Waals surface area contributed by atoms with Gasteiger partial charge < -0.3 is 4.57 Å². The number of allylic oxidation sites excluding steroid dienone is 4. The van der Waals surface area contributed by atoms with Crippen LogP contribution in [-0.2, 0) is 0 Å². The first kappa shape index (κ1) is 26.5. The Kier molecular flexibility index (Phi) is 5.91. The number of nitrogens with zero attached hydrogens (tertiary/aromatic N) is 3. The summed E-state index contributed by atoms with van der Waals surface area (Å²) in [5, 5.41) is 21.5. The zero-order chi connectivity index (χ0) is 30.7. The highest BCUT2D eigenvalue weighted by Gasteiger charge is 2.40. The van der Waals surface area contributed by atoms with Gasteiger partial charge in [-0.1, -0.05) is 84.9 Å². The average molecular weight is 570 g/mol. The summed E-state index contributed by atoms with van der Waals surface area (Å²) < 4.78 is 1.63. The van der Waals surface area contributed by atoms with Crippen molar-refractivity contribution in [3.05, 3.63) is 147 Å². The van der Waals surface area contributed by atoms with Gasteiger partial charge in [0.05, 0.1) is 22.5 Å². The van der Waals surface area contributed by atoms with Crippen molar-refractivity contribution in [2.45, 2.75) is 6.92 Å². The number of hydrogen-bond acceptors (Lipinski definition) is 6. The molecule has 0 bridgehead atoms. The molecule has 0 fully saturated rings. The van der Waals surface area contributed by atoms with Crippen molar-refractivity contribution in [1.29, 1.82) is 10.5 Å². The maximum Gasteiger partial charge on any atom is 0.205 e. The van der Waals surface area contributed by atoms with Gasteiger partial charge in [0.1, 0.15) is 23.3 Å². The standard InChI is InChI=1S/C37H19N3O4/c1-20-9-8-10-21(17-20)40-32(30-28(18-38)34(41)24-13-4-6-15-26(24)36(30)43)22-11-2-3-12-23(22)33(40)31-29(19-39)35(42)25-14-5-7-16-27(25)37(31)44/h2-17H,1H3. The van der Waals surface area contributed by atoms with Crippen molar-refractivity contribution in [1.82, 2.24) is 4.57 Å². The third-order valence-corrected chi connectivity index (χ3v) is 8.08. The van der Waals surface area contributed by atoms with Crippen LogP contribution in [-0.4, -0.2) is 27.7 Å². The maximum absolute atomic E-state index is 14.3. The molecule has 206 valence electrons. The van der Waals surface area contributed by atoms with Crippen molar-refractivity contribution in [2.24, 2.45) is 0 Å². The highest BCUT2D eigenvalue weighted by atomic mass is 16.1. The van der Waals surface area contributed by atoms with E-state index in [1.54, 1.807) is 77.4 Å². The number of Topliss-reactive ketones (excluding diaryl/α,β-unsaturated/α-hetero) is 4. The molecule has 0 N–H and O–H groups in total. The van der Waals surface area contributed by atoms with Gasteiger partial charge in [-0.15, -0.1) is 0 Å². The van der Waals surface area contributed by atoms with Gasteiger partial charge in [-0.05, 0) is 24.6 Å². The minimum absolute atomic E-state index is 0.116. The largest absolute Gasteiger partial charge is 0.308 e. The van der Waals surface area contributed by atoms with E-state index in [1.165, 1.54) is 12.1 Å². The molecule has 0 atom stereocenters. The molecule has 7 nitrogen and oxygen atoms in total. The van der Waals surface area contributed by atoms with Crippen molar-refractivity contribution in [2.75, 3.05) is 0 Å². The molecule has 0 radical (unpaired) electrons. The Morgan fingerprint density at radius 2 is 0.932 bits per heavy atom. The van der Waals surface area contributed by atoms with Gasteiger partial charge >= 0.3 is 0 Å². The Bertz CT molecular complexity index is 2200. The minimum atomic E-state index is -0.588. The number of fused-ring (bicyclic) bond motifs is 3. The molecule has 7 rings (SSSR count). The van der Waals surface area contributed by atoms with E-state index in [0.29, 0.717) is 16.5 Å².